The highest BCUT2D eigenvalue weighted by Gasteiger charge is 2.11. The second kappa shape index (κ2) is 6.64. The third kappa shape index (κ3) is 3.87. The van der Waals surface area contributed by atoms with Gasteiger partial charge in [-0.15, -0.1) is 0 Å². The summed E-state index contributed by atoms with van der Waals surface area (Å²) >= 11 is 13.8. The summed E-state index contributed by atoms with van der Waals surface area (Å²) in [5.74, 6) is 2.01. The lowest BCUT2D eigenvalue weighted by atomic mass is 10.1. The van der Waals surface area contributed by atoms with Crippen molar-refractivity contribution in [3.05, 3.63) is 33.8 Å². The Kier molecular flexibility index (Phi) is 5.83. The van der Waals surface area contributed by atoms with E-state index in [0.29, 0.717) is 10.0 Å². The average molecular weight is 264 g/mol. The molecule has 0 saturated heterocycles. The molecule has 0 aliphatic carbocycles. The third-order valence-electron chi connectivity index (χ3n) is 2.03. The van der Waals surface area contributed by atoms with Gasteiger partial charge in [0.25, 0.3) is 0 Å². The maximum atomic E-state index is 6.08. The van der Waals surface area contributed by atoms with Crippen molar-refractivity contribution in [3.8, 4) is 0 Å². The van der Waals surface area contributed by atoms with Crippen LogP contribution in [0.25, 0.3) is 0 Å². The number of benzene rings is 1. The summed E-state index contributed by atoms with van der Waals surface area (Å²) in [4.78, 5) is 0. The lowest BCUT2D eigenvalue weighted by molar-refractivity contribution is 0.831. The number of hydrogen-bond donors (Lipinski definition) is 1. The van der Waals surface area contributed by atoms with Gasteiger partial charge in [-0.05, 0) is 23.8 Å². The zero-order valence-electron chi connectivity index (χ0n) is 8.67. The van der Waals surface area contributed by atoms with E-state index in [1.165, 1.54) is 6.42 Å². The summed E-state index contributed by atoms with van der Waals surface area (Å²) in [6, 6.07) is 5.56. The van der Waals surface area contributed by atoms with E-state index in [1.54, 1.807) is 6.07 Å². The van der Waals surface area contributed by atoms with E-state index >= 15 is 0 Å². The van der Waals surface area contributed by atoms with Gasteiger partial charge in [0.15, 0.2) is 0 Å². The van der Waals surface area contributed by atoms with Crippen LogP contribution < -0.4 is 5.73 Å². The van der Waals surface area contributed by atoms with Crippen molar-refractivity contribution < 1.29 is 0 Å². The summed E-state index contributed by atoms with van der Waals surface area (Å²) in [6.07, 6.45) is 1.17. The molecule has 2 N–H and O–H groups in total. The first kappa shape index (κ1) is 13.2. The van der Waals surface area contributed by atoms with E-state index in [9.17, 15) is 0 Å². The molecule has 1 aromatic carbocycles. The van der Waals surface area contributed by atoms with Crippen LogP contribution in [0.1, 0.15) is 24.9 Å². The highest BCUT2D eigenvalue weighted by molar-refractivity contribution is 7.99. The Bertz CT molecular complexity index is 317. The molecule has 0 fully saturated rings. The maximum Gasteiger partial charge on any atom is 0.0640 e. The van der Waals surface area contributed by atoms with Gasteiger partial charge in [0.05, 0.1) is 10.0 Å². The largest absolute Gasteiger partial charge is 0.323 e. The molecular formula is C11H15Cl2NS. The van der Waals surface area contributed by atoms with E-state index in [-0.39, 0.29) is 6.04 Å². The first-order valence-electron chi connectivity index (χ1n) is 4.94. The first-order valence-corrected chi connectivity index (χ1v) is 6.85. The fourth-order valence-corrected chi connectivity index (χ4v) is 2.59. The number of nitrogens with two attached hydrogens (primary N) is 1. The van der Waals surface area contributed by atoms with Gasteiger partial charge in [-0.1, -0.05) is 42.3 Å². The van der Waals surface area contributed by atoms with Crippen LogP contribution in [0, 0.1) is 0 Å². The van der Waals surface area contributed by atoms with E-state index in [4.69, 9.17) is 28.9 Å². The van der Waals surface area contributed by atoms with Crippen LogP contribution in [0.2, 0.25) is 10.0 Å². The lowest BCUT2D eigenvalue weighted by Gasteiger charge is -2.13. The van der Waals surface area contributed by atoms with Crippen LogP contribution in [0.5, 0.6) is 0 Å². The van der Waals surface area contributed by atoms with E-state index in [2.05, 4.69) is 6.92 Å². The molecule has 0 saturated carbocycles. The summed E-state index contributed by atoms with van der Waals surface area (Å²) in [6.45, 7) is 2.16. The molecule has 0 aliphatic heterocycles. The molecule has 0 amide bonds. The van der Waals surface area contributed by atoms with Gasteiger partial charge in [0.2, 0.25) is 0 Å². The van der Waals surface area contributed by atoms with Gasteiger partial charge in [0, 0.05) is 11.8 Å². The summed E-state index contributed by atoms with van der Waals surface area (Å²) < 4.78 is 0. The minimum Gasteiger partial charge on any atom is -0.323 e. The Morgan fingerprint density at radius 2 is 2.13 bits per heavy atom. The smallest absolute Gasteiger partial charge is 0.0640 e. The average Bonchev–Trinajstić information content (AvgIpc) is 2.22. The van der Waals surface area contributed by atoms with Crippen LogP contribution in [-0.4, -0.2) is 11.5 Å². The van der Waals surface area contributed by atoms with Gasteiger partial charge < -0.3 is 5.73 Å². The summed E-state index contributed by atoms with van der Waals surface area (Å²) in [7, 11) is 0. The molecule has 0 aliphatic rings. The molecule has 15 heavy (non-hydrogen) atoms. The molecule has 0 radical (unpaired) electrons. The molecule has 1 atom stereocenters. The van der Waals surface area contributed by atoms with Crippen molar-refractivity contribution in [1.82, 2.24) is 0 Å². The Morgan fingerprint density at radius 1 is 1.40 bits per heavy atom. The number of thioether (sulfide) groups is 1. The summed E-state index contributed by atoms with van der Waals surface area (Å²) in [5.41, 5.74) is 6.98. The van der Waals surface area contributed by atoms with Crippen molar-refractivity contribution in [2.45, 2.75) is 19.4 Å². The Labute approximate surface area is 105 Å². The molecule has 4 heteroatoms. The van der Waals surface area contributed by atoms with Crippen molar-refractivity contribution >= 4 is 35.0 Å². The fourth-order valence-electron chi connectivity index (χ4n) is 1.25. The highest BCUT2D eigenvalue weighted by Crippen LogP contribution is 2.30. The number of hydrogen-bond acceptors (Lipinski definition) is 2. The van der Waals surface area contributed by atoms with Gasteiger partial charge in [0.1, 0.15) is 0 Å². The van der Waals surface area contributed by atoms with E-state index in [0.717, 1.165) is 17.1 Å². The van der Waals surface area contributed by atoms with Gasteiger partial charge >= 0.3 is 0 Å². The third-order valence-corrected chi connectivity index (χ3v) is 4.15. The van der Waals surface area contributed by atoms with Crippen LogP contribution >= 0.6 is 35.0 Å². The normalized spacial score (nSPS) is 12.8. The van der Waals surface area contributed by atoms with Crippen LogP contribution in [-0.2, 0) is 0 Å². The minimum absolute atomic E-state index is 0.0345. The zero-order valence-corrected chi connectivity index (χ0v) is 11.0. The molecular weight excluding hydrogens is 249 g/mol. The molecule has 0 heterocycles. The maximum absolute atomic E-state index is 6.08. The van der Waals surface area contributed by atoms with Crippen molar-refractivity contribution in [2.75, 3.05) is 11.5 Å². The number of rotatable bonds is 5. The predicted octanol–water partition coefficient (Wildman–Crippen LogP) is 4.14. The summed E-state index contributed by atoms with van der Waals surface area (Å²) in [5, 5.41) is 1.16. The Balaban J connectivity index is 2.65. The fraction of sp³-hybridized carbons (Fsp3) is 0.455. The van der Waals surface area contributed by atoms with Gasteiger partial charge in [-0.3, -0.25) is 0 Å². The lowest BCUT2D eigenvalue weighted by Crippen LogP contribution is -2.13. The molecule has 0 aromatic heterocycles. The Hall–Kier alpha value is 0.110. The van der Waals surface area contributed by atoms with Crippen molar-refractivity contribution in [3.63, 3.8) is 0 Å². The van der Waals surface area contributed by atoms with Crippen LogP contribution in [0.3, 0.4) is 0 Å². The van der Waals surface area contributed by atoms with Crippen molar-refractivity contribution in [2.24, 2.45) is 5.73 Å². The SMILES string of the molecule is CCCSCC(N)c1cccc(Cl)c1Cl. The van der Waals surface area contributed by atoms with Gasteiger partial charge in [-0.2, -0.15) is 11.8 Å². The molecule has 1 unspecified atom stereocenters. The molecule has 0 spiro atoms. The monoisotopic (exact) mass is 263 g/mol. The molecule has 1 rings (SSSR count). The second-order valence-corrected chi connectivity index (χ2v) is 5.26. The van der Waals surface area contributed by atoms with Crippen molar-refractivity contribution in [1.29, 1.82) is 0 Å². The van der Waals surface area contributed by atoms with E-state index in [1.807, 2.05) is 23.9 Å². The first-order chi connectivity index (χ1) is 7.16. The second-order valence-electron chi connectivity index (χ2n) is 3.32. The molecule has 84 valence electrons. The topological polar surface area (TPSA) is 26.0 Å². The highest BCUT2D eigenvalue weighted by atomic mass is 35.5. The van der Waals surface area contributed by atoms with E-state index < -0.39 is 0 Å². The Morgan fingerprint density at radius 3 is 2.80 bits per heavy atom. The molecule has 1 aromatic rings. The number of halogens is 2. The molecule has 0 bridgehead atoms. The minimum atomic E-state index is -0.0345. The standard InChI is InChI=1S/C11H15Cl2NS/c1-2-6-15-7-10(14)8-4-3-5-9(12)11(8)13/h3-5,10H,2,6-7,14H2,1H3. The predicted molar refractivity (Wildman–Crippen MR) is 71.0 cm³/mol. The quantitative estimate of drug-likeness (QED) is 0.809. The molecule has 1 nitrogen and oxygen atoms in total. The zero-order chi connectivity index (χ0) is 11.3. The van der Waals surface area contributed by atoms with Gasteiger partial charge in [-0.25, -0.2) is 0 Å². The van der Waals surface area contributed by atoms with Crippen LogP contribution in [0.15, 0.2) is 18.2 Å². The van der Waals surface area contributed by atoms with Crippen LogP contribution in [0.4, 0.5) is 0 Å².